The number of hydrogen-bond acceptors (Lipinski definition) is 6. The molecule has 1 N–H and O–H groups in total. The predicted molar refractivity (Wildman–Crippen MR) is 82.2 cm³/mol. The second-order valence-corrected chi connectivity index (χ2v) is 5.08. The molecule has 9 nitrogen and oxygen atoms in total. The van der Waals surface area contributed by atoms with Crippen LogP contribution in [0.1, 0.15) is 35.9 Å². The minimum Gasteiger partial charge on any atom is -0.460 e. The van der Waals surface area contributed by atoms with Gasteiger partial charge in [-0.3, -0.25) is 19.6 Å². The van der Waals surface area contributed by atoms with E-state index >= 15 is 0 Å². The monoisotopic (exact) mass is 319 g/mol. The van der Waals surface area contributed by atoms with Crippen molar-refractivity contribution in [2.45, 2.75) is 33.7 Å². The Bertz CT molecular complexity index is 774. The Morgan fingerprint density at radius 1 is 1.48 bits per heavy atom. The molecule has 2 aromatic rings. The standard InChI is InChI=1S/C14H17N5O4/c1-8-5-6-12(23-8)7-15-16-14(20)11(4)18-10(3)13(19(21)22)9(2)17-18/h5-7,11H,1-4H3,(H,16,20)/b15-7+. The number of amides is 1. The number of hydrazone groups is 1. The summed E-state index contributed by atoms with van der Waals surface area (Å²) in [5, 5.41) is 18.9. The zero-order chi connectivity index (χ0) is 17.1. The number of aryl methyl sites for hydroxylation is 2. The molecule has 0 aliphatic rings. The molecule has 0 bridgehead atoms. The van der Waals surface area contributed by atoms with Gasteiger partial charge in [-0.15, -0.1) is 0 Å². The Hall–Kier alpha value is -2.97. The Morgan fingerprint density at radius 3 is 2.70 bits per heavy atom. The van der Waals surface area contributed by atoms with Crippen LogP contribution in [0.2, 0.25) is 0 Å². The summed E-state index contributed by atoms with van der Waals surface area (Å²) in [5.41, 5.74) is 2.87. The second kappa shape index (κ2) is 6.42. The highest BCUT2D eigenvalue weighted by atomic mass is 16.6. The molecule has 0 aliphatic carbocycles. The third-order valence-electron chi connectivity index (χ3n) is 3.34. The van der Waals surface area contributed by atoms with Gasteiger partial charge in [0, 0.05) is 0 Å². The van der Waals surface area contributed by atoms with Crippen LogP contribution in [0.25, 0.3) is 0 Å². The predicted octanol–water partition coefficient (Wildman–Crippen LogP) is 2.02. The van der Waals surface area contributed by atoms with Crippen LogP contribution < -0.4 is 5.43 Å². The number of nitrogens with one attached hydrogen (secondary N) is 1. The fourth-order valence-corrected chi connectivity index (χ4v) is 2.18. The first kappa shape index (κ1) is 16.4. The molecule has 0 saturated carbocycles. The van der Waals surface area contributed by atoms with Gasteiger partial charge < -0.3 is 4.42 Å². The summed E-state index contributed by atoms with van der Waals surface area (Å²) in [6.45, 7) is 6.47. The van der Waals surface area contributed by atoms with E-state index in [1.807, 2.05) is 0 Å². The highest BCUT2D eigenvalue weighted by Crippen LogP contribution is 2.24. The van der Waals surface area contributed by atoms with Gasteiger partial charge in [-0.2, -0.15) is 10.2 Å². The molecule has 0 radical (unpaired) electrons. The summed E-state index contributed by atoms with van der Waals surface area (Å²) >= 11 is 0. The summed E-state index contributed by atoms with van der Waals surface area (Å²) in [6.07, 6.45) is 1.38. The van der Waals surface area contributed by atoms with E-state index in [2.05, 4.69) is 15.6 Å². The SMILES string of the molecule is Cc1ccc(/C=N/NC(=O)C(C)n2nc(C)c([N+](=O)[O-])c2C)o1. The first-order valence-corrected chi connectivity index (χ1v) is 6.90. The largest absolute Gasteiger partial charge is 0.460 e. The van der Waals surface area contributed by atoms with Gasteiger partial charge >= 0.3 is 5.69 Å². The molecule has 2 rings (SSSR count). The normalized spacial score (nSPS) is 12.5. The maximum absolute atomic E-state index is 12.1. The van der Waals surface area contributed by atoms with Crippen molar-refractivity contribution in [2.24, 2.45) is 5.10 Å². The van der Waals surface area contributed by atoms with Crippen molar-refractivity contribution >= 4 is 17.8 Å². The van der Waals surface area contributed by atoms with Crippen molar-refractivity contribution in [3.05, 3.63) is 45.2 Å². The van der Waals surface area contributed by atoms with Gasteiger partial charge in [0.1, 0.15) is 29.0 Å². The van der Waals surface area contributed by atoms with Crippen molar-refractivity contribution in [3.8, 4) is 0 Å². The Morgan fingerprint density at radius 2 is 2.17 bits per heavy atom. The van der Waals surface area contributed by atoms with Crippen molar-refractivity contribution in [3.63, 3.8) is 0 Å². The minimum atomic E-state index is -0.738. The van der Waals surface area contributed by atoms with Crippen molar-refractivity contribution in [1.82, 2.24) is 15.2 Å². The van der Waals surface area contributed by atoms with E-state index in [9.17, 15) is 14.9 Å². The summed E-state index contributed by atoms with van der Waals surface area (Å²) in [5.74, 6) is 0.809. The van der Waals surface area contributed by atoms with Crippen LogP contribution >= 0.6 is 0 Å². The molecule has 0 aliphatic heterocycles. The summed E-state index contributed by atoms with van der Waals surface area (Å²) < 4.78 is 6.60. The molecule has 1 amide bonds. The lowest BCUT2D eigenvalue weighted by Gasteiger charge is -2.11. The lowest BCUT2D eigenvalue weighted by atomic mass is 10.3. The molecule has 2 heterocycles. The van der Waals surface area contributed by atoms with Crippen LogP contribution in [0.5, 0.6) is 0 Å². The number of furan rings is 1. The molecule has 1 unspecified atom stereocenters. The summed E-state index contributed by atoms with van der Waals surface area (Å²) in [6, 6.07) is 2.76. The van der Waals surface area contributed by atoms with Crippen LogP contribution in [0.3, 0.4) is 0 Å². The average Bonchev–Trinajstić information content (AvgIpc) is 3.01. The van der Waals surface area contributed by atoms with E-state index in [-0.39, 0.29) is 11.4 Å². The van der Waals surface area contributed by atoms with Crippen LogP contribution in [-0.4, -0.2) is 26.8 Å². The molecular formula is C14H17N5O4. The van der Waals surface area contributed by atoms with Crippen LogP contribution in [0, 0.1) is 30.9 Å². The second-order valence-electron chi connectivity index (χ2n) is 5.08. The van der Waals surface area contributed by atoms with Gasteiger partial charge in [0.2, 0.25) is 0 Å². The highest BCUT2D eigenvalue weighted by molar-refractivity contribution is 5.82. The number of aromatic nitrogens is 2. The van der Waals surface area contributed by atoms with Crippen LogP contribution in [0.4, 0.5) is 5.69 Å². The van der Waals surface area contributed by atoms with Crippen molar-refractivity contribution in [1.29, 1.82) is 0 Å². The Kier molecular flexibility index (Phi) is 4.58. The zero-order valence-electron chi connectivity index (χ0n) is 13.2. The first-order chi connectivity index (χ1) is 10.8. The molecule has 0 saturated heterocycles. The molecule has 0 fully saturated rings. The van der Waals surface area contributed by atoms with Crippen LogP contribution in [-0.2, 0) is 4.79 Å². The van der Waals surface area contributed by atoms with E-state index in [1.165, 1.54) is 17.8 Å². The summed E-state index contributed by atoms with van der Waals surface area (Å²) in [4.78, 5) is 22.6. The average molecular weight is 319 g/mol. The maximum Gasteiger partial charge on any atom is 0.312 e. The lowest BCUT2D eigenvalue weighted by molar-refractivity contribution is -0.386. The molecule has 0 aromatic carbocycles. The number of carbonyl (C=O) groups is 1. The number of nitrogens with zero attached hydrogens (tertiary/aromatic N) is 4. The fraction of sp³-hybridized carbons (Fsp3) is 0.357. The van der Waals surface area contributed by atoms with E-state index in [1.54, 1.807) is 32.9 Å². The highest BCUT2D eigenvalue weighted by Gasteiger charge is 2.26. The fourth-order valence-electron chi connectivity index (χ4n) is 2.18. The number of hydrogen-bond donors (Lipinski definition) is 1. The molecule has 122 valence electrons. The van der Waals surface area contributed by atoms with Gasteiger partial charge in [-0.1, -0.05) is 0 Å². The Labute approximate surface area is 132 Å². The van der Waals surface area contributed by atoms with Crippen LogP contribution in [0.15, 0.2) is 21.7 Å². The van der Waals surface area contributed by atoms with E-state index in [4.69, 9.17) is 4.42 Å². The molecule has 23 heavy (non-hydrogen) atoms. The van der Waals surface area contributed by atoms with Gasteiger partial charge in [0.25, 0.3) is 5.91 Å². The molecule has 2 aromatic heterocycles. The lowest BCUT2D eigenvalue weighted by Crippen LogP contribution is -2.28. The molecule has 0 spiro atoms. The van der Waals surface area contributed by atoms with Gasteiger partial charge in [-0.05, 0) is 39.8 Å². The first-order valence-electron chi connectivity index (χ1n) is 6.90. The number of rotatable bonds is 5. The van der Waals surface area contributed by atoms with Crippen molar-refractivity contribution < 1.29 is 14.1 Å². The maximum atomic E-state index is 12.1. The number of nitro groups is 1. The van der Waals surface area contributed by atoms with E-state index < -0.39 is 16.9 Å². The Balaban J connectivity index is 2.09. The van der Waals surface area contributed by atoms with Gasteiger partial charge in [0.05, 0.1) is 11.1 Å². The third kappa shape index (κ3) is 3.44. The van der Waals surface area contributed by atoms with Gasteiger partial charge in [0.15, 0.2) is 0 Å². The zero-order valence-corrected chi connectivity index (χ0v) is 13.2. The quantitative estimate of drug-likeness (QED) is 0.514. The van der Waals surface area contributed by atoms with Crippen molar-refractivity contribution in [2.75, 3.05) is 0 Å². The smallest absolute Gasteiger partial charge is 0.312 e. The van der Waals surface area contributed by atoms with Gasteiger partial charge in [-0.25, -0.2) is 5.43 Å². The number of carbonyl (C=O) groups excluding carboxylic acids is 1. The third-order valence-corrected chi connectivity index (χ3v) is 3.34. The molecular weight excluding hydrogens is 302 g/mol. The molecule has 9 heteroatoms. The molecule has 1 atom stereocenters. The topological polar surface area (TPSA) is 116 Å². The van der Waals surface area contributed by atoms with E-state index in [0.29, 0.717) is 11.5 Å². The van der Waals surface area contributed by atoms with E-state index in [0.717, 1.165) is 5.76 Å². The minimum absolute atomic E-state index is 0.0841. The summed E-state index contributed by atoms with van der Waals surface area (Å²) in [7, 11) is 0.